The molecule has 0 fully saturated rings. The summed E-state index contributed by atoms with van der Waals surface area (Å²) in [6.45, 7) is 1.91. The average molecular weight is 337 g/mol. The molecule has 4 aromatic rings. The van der Waals surface area contributed by atoms with Gasteiger partial charge in [0.1, 0.15) is 11.3 Å². The SMILES string of the molecule is Cc1nc(Nc2ccccc2)c2[nH]c(-c3ccccc3)cc2n1.Cl. The maximum atomic E-state index is 4.55. The van der Waals surface area contributed by atoms with Gasteiger partial charge in [-0.1, -0.05) is 48.5 Å². The van der Waals surface area contributed by atoms with Gasteiger partial charge in [-0.15, -0.1) is 12.4 Å². The van der Waals surface area contributed by atoms with Gasteiger partial charge in [0.2, 0.25) is 0 Å². The van der Waals surface area contributed by atoms with Crippen LogP contribution in [-0.2, 0) is 0 Å². The number of rotatable bonds is 3. The molecule has 0 unspecified atom stereocenters. The zero-order chi connectivity index (χ0) is 15.6. The Bertz CT molecular complexity index is 949. The second-order valence-corrected chi connectivity index (χ2v) is 5.42. The molecule has 5 heteroatoms. The fraction of sp³-hybridized carbons (Fsp3) is 0.0526. The van der Waals surface area contributed by atoms with Crippen molar-refractivity contribution in [2.75, 3.05) is 5.32 Å². The van der Waals surface area contributed by atoms with Gasteiger partial charge >= 0.3 is 0 Å². The third-order valence-electron chi connectivity index (χ3n) is 3.71. The molecule has 0 amide bonds. The van der Waals surface area contributed by atoms with Crippen LogP contribution in [0.5, 0.6) is 0 Å². The summed E-state index contributed by atoms with van der Waals surface area (Å²) >= 11 is 0. The molecule has 2 aromatic heterocycles. The van der Waals surface area contributed by atoms with E-state index in [9.17, 15) is 0 Å². The molecule has 2 N–H and O–H groups in total. The lowest BCUT2D eigenvalue weighted by Crippen LogP contribution is -1.98. The summed E-state index contributed by atoms with van der Waals surface area (Å²) < 4.78 is 0. The molecule has 0 aliphatic heterocycles. The van der Waals surface area contributed by atoms with Gasteiger partial charge in [0.25, 0.3) is 0 Å². The first-order chi connectivity index (χ1) is 11.3. The lowest BCUT2D eigenvalue weighted by molar-refractivity contribution is 1.09. The highest BCUT2D eigenvalue weighted by molar-refractivity contribution is 5.91. The van der Waals surface area contributed by atoms with Crippen molar-refractivity contribution in [3.63, 3.8) is 0 Å². The Labute approximate surface area is 146 Å². The zero-order valence-corrected chi connectivity index (χ0v) is 14.0. The predicted octanol–water partition coefficient (Wildman–Crippen LogP) is 5.10. The van der Waals surface area contributed by atoms with E-state index in [1.807, 2.05) is 55.5 Å². The zero-order valence-electron chi connectivity index (χ0n) is 13.2. The monoisotopic (exact) mass is 336 g/mol. The number of aromatic nitrogens is 3. The summed E-state index contributed by atoms with van der Waals surface area (Å²) in [4.78, 5) is 12.5. The van der Waals surface area contributed by atoms with Gasteiger partial charge in [0.15, 0.2) is 5.82 Å². The smallest absolute Gasteiger partial charge is 0.158 e. The number of nitrogens with zero attached hydrogens (tertiary/aromatic N) is 2. The van der Waals surface area contributed by atoms with E-state index < -0.39 is 0 Å². The third-order valence-corrected chi connectivity index (χ3v) is 3.71. The first kappa shape index (κ1) is 16.0. The molecule has 0 saturated carbocycles. The first-order valence-corrected chi connectivity index (χ1v) is 7.54. The Balaban J connectivity index is 0.00000169. The van der Waals surface area contributed by atoms with Crippen LogP contribution in [0.2, 0.25) is 0 Å². The molecule has 0 aliphatic carbocycles. The van der Waals surface area contributed by atoms with Crippen molar-refractivity contribution in [1.29, 1.82) is 0 Å². The van der Waals surface area contributed by atoms with E-state index in [1.165, 1.54) is 0 Å². The molecule has 120 valence electrons. The van der Waals surface area contributed by atoms with E-state index in [2.05, 4.69) is 38.5 Å². The molecular formula is C19H17ClN4. The Morgan fingerprint density at radius 1 is 0.875 bits per heavy atom. The Morgan fingerprint density at radius 3 is 2.25 bits per heavy atom. The highest BCUT2D eigenvalue weighted by atomic mass is 35.5. The van der Waals surface area contributed by atoms with Gasteiger partial charge in [-0.2, -0.15) is 0 Å². The van der Waals surface area contributed by atoms with E-state index in [-0.39, 0.29) is 12.4 Å². The lowest BCUT2D eigenvalue weighted by Gasteiger charge is -2.07. The lowest BCUT2D eigenvalue weighted by atomic mass is 10.2. The molecule has 2 aromatic carbocycles. The molecule has 2 heterocycles. The number of halogens is 1. The number of hydrogen-bond donors (Lipinski definition) is 2. The van der Waals surface area contributed by atoms with Crippen molar-refractivity contribution >= 4 is 34.9 Å². The minimum Gasteiger partial charge on any atom is -0.350 e. The van der Waals surface area contributed by atoms with Crippen LogP contribution in [0, 0.1) is 6.92 Å². The molecule has 4 nitrogen and oxygen atoms in total. The van der Waals surface area contributed by atoms with Crippen molar-refractivity contribution in [1.82, 2.24) is 15.0 Å². The van der Waals surface area contributed by atoms with Crippen molar-refractivity contribution in [2.24, 2.45) is 0 Å². The largest absolute Gasteiger partial charge is 0.350 e. The van der Waals surface area contributed by atoms with Crippen molar-refractivity contribution in [3.8, 4) is 11.3 Å². The summed E-state index contributed by atoms with van der Waals surface area (Å²) in [5, 5.41) is 3.37. The number of benzene rings is 2. The van der Waals surface area contributed by atoms with Gasteiger partial charge in [-0.25, -0.2) is 9.97 Å². The van der Waals surface area contributed by atoms with E-state index >= 15 is 0 Å². The first-order valence-electron chi connectivity index (χ1n) is 7.54. The second kappa shape index (κ2) is 6.72. The van der Waals surface area contributed by atoms with Crippen LogP contribution in [0.4, 0.5) is 11.5 Å². The molecular weight excluding hydrogens is 320 g/mol. The normalized spacial score (nSPS) is 10.4. The molecule has 0 atom stereocenters. The summed E-state index contributed by atoms with van der Waals surface area (Å²) in [5.74, 6) is 1.54. The van der Waals surface area contributed by atoms with Gasteiger partial charge < -0.3 is 10.3 Å². The molecule has 0 radical (unpaired) electrons. The Kier molecular flexibility index (Phi) is 4.49. The third kappa shape index (κ3) is 3.09. The summed E-state index contributed by atoms with van der Waals surface area (Å²) in [6.07, 6.45) is 0. The number of aromatic amines is 1. The van der Waals surface area contributed by atoms with E-state index in [4.69, 9.17) is 0 Å². The molecule has 0 bridgehead atoms. The summed E-state index contributed by atoms with van der Waals surface area (Å²) in [6, 6.07) is 22.3. The number of para-hydroxylation sites is 1. The molecule has 0 aliphatic rings. The van der Waals surface area contributed by atoms with Crippen molar-refractivity contribution in [3.05, 3.63) is 72.6 Å². The van der Waals surface area contributed by atoms with Crippen LogP contribution < -0.4 is 5.32 Å². The standard InChI is InChI=1S/C19H16N4.ClH/c1-13-20-17-12-16(14-8-4-2-5-9-14)23-18(17)19(21-13)22-15-10-6-3-7-11-15;/h2-12,23H,1H3,(H,20,21,22);1H. The Hall–Kier alpha value is -2.85. The van der Waals surface area contributed by atoms with Crippen LogP contribution in [0.3, 0.4) is 0 Å². The van der Waals surface area contributed by atoms with Crippen molar-refractivity contribution in [2.45, 2.75) is 6.92 Å². The fourth-order valence-corrected chi connectivity index (χ4v) is 2.65. The molecule has 24 heavy (non-hydrogen) atoms. The van der Waals surface area contributed by atoms with Crippen LogP contribution in [0.25, 0.3) is 22.3 Å². The van der Waals surface area contributed by atoms with Gasteiger partial charge in [0.05, 0.1) is 5.52 Å². The number of anilines is 2. The van der Waals surface area contributed by atoms with Gasteiger partial charge in [-0.3, -0.25) is 0 Å². The highest BCUT2D eigenvalue weighted by Crippen LogP contribution is 2.28. The molecule has 4 rings (SSSR count). The van der Waals surface area contributed by atoms with Crippen LogP contribution in [-0.4, -0.2) is 15.0 Å². The van der Waals surface area contributed by atoms with Crippen LogP contribution in [0.15, 0.2) is 66.7 Å². The average Bonchev–Trinajstić information content (AvgIpc) is 3.01. The fourth-order valence-electron chi connectivity index (χ4n) is 2.65. The van der Waals surface area contributed by atoms with E-state index in [0.29, 0.717) is 0 Å². The van der Waals surface area contributed by atoms with Crippen molar-refractivity contribution < 1.29 is 0 Å². The number of aryl methyl sites for hydroxylation is 1. The summed E-state index contributed by atoms with van der Waals surface area (Å²) in [5.41, 5.74) is 5.00. The molecule has 0 saturated heterocycles. The Morgan fingerprint density at radius 2 is 1.54 bits per heavy atom. The number of hydrogen-bond acceptors (Lipinski definition) is 3. The van der Waals surface area contributed by atoms with Gasteiger partial charge in [-0.05, 0) is 30.7 Å². The number of H-pyrrole nitrogens is 1. The number of nitrogens with one attached hydrogen (secondary N) is 2. The minimum atomic E-state index is 0. The van der Waals surface area contributed by atoms with E-state index in [0.717, 1.165) is 39.6 Å². The quantitative estimate of drug-likeness (QED) is 0.547. The second-order valence-electron chi connectivity index (χ2n) is 5.42. The summed E-state index contributed by atoms with van der Waals surface area (Å²) in [7, 11) is 0. The number of fused-ring (bicyclic) bond motifs is 1. The highest BCUT2D eigenvalue weighted by Gasteiger charge is 2.11. The van der Waals surface area contributed by atoms with Crippen LogP contribution >= 0.6 is 12.4 Å². The van der Waals surface area contributed by atoms with E-state index in [1.54, 1.807) is 0 Å². The minimum absolute atomic E-state index is 0. The maximum absolute atomic E-state index is 4.55. The van der Waals surface area contributed by atoms with Crippen LogP contribution in [0.1, 0.15) is 5.82 Å². The predicted molar refractivity (Wildman–Crippen MR) is 101 cm³/mol. The topological polar surface area (TPSA) is 53.6 Å². The maximum Gasteiger partial charge on any atom is 0.158 e. The van der Waals surface area contributed by atoms with Gasteiger partial charge in [0, 0.05) is 11.4 Å². The molecule has 0 spiro atoms.